The maximum absolute atomic E-state index is 11.9. The van der Waals surface area contributed by atoms with Crippen LogP contribution < -0.4 is 4.18 Å². The van der Waals surface area contributed by atoms with Crippen LogP contribution in [0.15, 0.2) is 53.4 Å². The van der Waals surface area contributed by atoms with Crippen LogP contribution in [0.3, 0.4) is 0 Å². The van der Waals surface area contributed by atoms with Crippen LogP contribution in [0.2, 0.25) is 0 Å². The zero-order valence-electron chi connectivity index (χ0n) is 11.3. The number of nitro groups is 1. The van der Waals surface area contributed by atoms with Gasteiger partial charge in [-0.15, -0.1) is 0 Å². The monoisotopic (exact) mass is 352 g/mol. The second-order valence-electron chi connectivity index (χ2n) is 3.98. The Labute approximate surface area is 136 Å². The fraction of sp³-hybridized carbons (Fsp3) is 0. The van der Waals surface area contributed by atoms with Gasteiger partial charge in [0, 0.05) is 12.1 Å². The summed E-state index contributed by atoms with van der Waals surface area (Å²) in [5.74, 6) is 0.151. The number of nitriles is 1. The smallest absolute Gasteiger partial charge is 0.374 e. The van der Waals surface area contributed by atoms with E-state index in [0.29, 0.717) is 5.56 Å². The van der Waals surface area contributed by atoms with Crippen molar-refractivity contribution in [2.75, 3.05) is 0 Å². The van der Waals surface area contributed by atoms with Gasteiger partial charge in [0.2, 0.25) is 11.1 Å². The molecule has 2 rings (SSSR count). The van der Waals surface area contributed by atoms with Crippen LogP contribution in [0.5, 0.6) is 5.75 Å². The van der Waals surface area contributed by atoms with Gasteiger partial charge in [-0.3, -0.25) is 10.1 Å². The predicted molar refractivity (Wildman–Crippen MR) is 80.5 cm³/mol. The first-order valence-corrected chi connectivity index (χ1v) is 8.02. The zero-order valence-corrected chi connectivity index (χ0v) is 12.9. The summed E-state index contributed by atoms with van der Waals surface area (Å²) in [6.45, 7) is 0. The van der Waals surface area contributed by atoms with E-state index in [-0.39, 0.29) is 16.3 Å². The average molecular weight is 352 g/mol. The highest BCUT2D eigenvalue weighted by molar-refractivity contribution is 7.91. The quantitative estimate of drug-likeness (QED) is 0.577. The zero-order chi connectivity index (χ0) is 16.8. The molecule has 0 aromatic heterocycles. The first-order chi connectivity index (χ1) is 11.0. The summed E-state index contributed by atoms with van der Waals surface area (Å²) in [4.78, 5) is 9.98. The molecule has 2 aromatic carbocycles. The molecule has 0 radical (unpaired) electrons. The third-order valence-electron chi connectivity index (χ3n) is 2.49. The lowest BCUT2D eigenvalue weighted by Gasteiger charge is -2.04. The fourth-order valence-electron chi connectivity index (χ4n) is 1.47. The Kier molecular flexibility index (Phi) is 5.53. The summed E-state index contributed by atoms with van der Waals surface area (Å²) in [5.41, 5.74) is 0.127. The first-order valence-electron chi connectivity index (χ1n) is 5.95. The van der Waals surface area contributed by atoms with Gasteiger partial charge in [0.25, 0.3) is 5.69 Å². The summed E-state index contributed by atoms with van der Waals surface area (Å²) in [6.07, 6.45) is 0. The normalized spacial score (nSPS) is 12.8. The average Bonchev–Trinajstić information content (AvgIpc) is 2.55. The summed E-state index contributed by atoms with van der Waals surface area (Å²) in [5, 5.41) is 19.3. The molecular formula is C13H8N2O6S2. The molecular weight excluding hydrogens is 344 g/mol. The first kappa shape index (κ1) is 16.8. The van der Waals surface area contributed by atoms with Gasteiger partial charge in [0.1, 0.15) is 5.75 Å². The van der Waals surface area contributed by atoms with Crippen molar-refractivity contribution in [3.63, 3.8) is 0 Å². The van der Waals surface area contributed by atoms with E-state index >= 15 is 0 Å². The Morgan fingerprint density at radius 3 is 2.43 bits per heavy atom. The molecule has 0 aliphatic heterocycles. The predicted octanol–water partition coefficient (Wildman–Crippen LogP) is 2.16. The molecule has 0 saturated carbocycles. The van der Waals surface area contributed by atoms with E-state index < -0.39 is 27.4 Å². The second kappa shape index (κ2) is 7.59. The van der Waals surface area contributed by atoms with E-state index in [1.165, 1.54) is 42.5 Å². The van der Waals surface area contributed by atoms with Crippen LogP contribution in [0.25, 0.3) is 0 Å². The molecule has 2 unspecified atom stereocenters. The van der Waals surface area contributed by atoms with Gasteiger partial charge >= 0.3 is 11.4 Å². The van der Waals surface area contributed by atoms with Gasteiger partial charge in [-0.05, 0) is 30.3 Å². The molecule has 0 bridgehead atoms. The topological polar surface area (TPSA) is 120 Å². The van der Waals surface area contributed by atoms with Crippen molar-refractivity contribution < 1.29 is 21.2 Å². The molecule has 0 saturated heterocycles. The third-order valence-corrected chi connectivity index (χ3v) is 4.39. The van der Waals surface area contributed by atoms with E-state index in [1.54, 1.807) is 0 Å². The number of benzene rings is 2. The maximum atomic E-state index is 11.9. The van der Waals surface area contributed by atoms with Crippen molar-refractivity contribution in [3.8, 4) is 11.8 Å². The maximum Gasteiger partial charge on any atom is 0.374 e. The van der Waals surface area contributed by atoms with Crippen LogP contribution >= 0.6 is 0 Å². The standard InChI is InChI=1S/C13H8N2O6S2/c14-9-10-4-6-12(7-5-10)20-23(19)21-22(18)13-3-1-2-11(8-13)15(16)17/h1-8H. The van der Waals surface area contributed by atoms with Crippen LogP contribution in [-0.4, -0.2) is 13.3 Å². The summed E-state index contributed by atoms with van der Waals surface area (Å²) >= 11 is -4.58. The Morgan fingerprint density at radius 1 is 1.13 bits per heavy atom. The summed E-state index contributed by atoms with van der Waals surface area (Å²) < 4.78 is 33.1. The molecule has 2 atom stereocenters. The Balaban J connectivity index is 2.02. The lowest BCUT2D eigenvalue weighted by molar-refractivity contribution is -0.385. The lowest BCUT2D eigenvalue weighted by Crippen LogP contribution is -2.08. The molecule has 0 aliphatic rings. The SMILES string of the molecule is N#Cc1ccc(OS(=O)OS(=O)c2cccc([N+](=O)[O-])c2)cc1. The van der Waals surface area contributed by atoms with Crippen LogP contribution in [-0.2, 0) is 26.1 Å². The number of hydrogen-bond acceptors (Lipinski definition) is 7. The molecule has 118 valence electrons. The number of nitrogens with zero attached hydrogens (tertiary/aromatic N) is 2. The van der Waals surface area contributed by atoms with Gasteiger partial charge in [-0.1, -0.05) is 6.07 Å². The minimum atomic E-state index is -2.38. The van der Waals surface area contributed by atoms with Gasteiger partial charge in [-0.25, -0.2) is 4.21 Å². The Morgan fingerprint density at radius 2 is 1.83 bits per heavy atom. The molecule has 8 nitrogen and oxygen atoms in total. The van der Waals surface area contributed by atoms with Crippen molar-refractivity contribution in [1.29, 1.82) is 5.26 Å². The van der Waals surface area contributed by atoms with Gasteiger partial charge in [-0.2, -0.15) is 13.1 Å². The molecule has 10 heteroatoms. The number of nitro benzene ring substituents is 1. The van der Waals surface area contributed by atoms with Crippen LogP contribution in [0, 0.1) is 21.4 Å². The number of hydrogen-bond donors (Lipinski definition) is 0. The fourth-order valence-corrected chi connectivity index (χ4v) is 2.97. The van der Waals surface area contributed by atoms with E-state index in [4.69, 9.17) is 9.44 Å². The number of non-ortho nitro benzene ring substituents is 1. The molecule has 0 fully saturated rings. The largest absolute Gasteiger partial charge is 0.379 e. The van der Waals surface area contributed by atoms with Crippen LogP contribution in [0.1, 0.15) is 5.56 Å². The Hall–Kier alpha value is -2.61. The molecule has 0 spiro atoms. The van der Waals surface area contributed by atoms with Gasteiger partial charge < -0.3 is 4.18 Å². The van der Waals surface area contributed by atoms with Gasteiger partial charge in [0.15, 0.2) is 0 Å². The molecule has 0 amide bonds. The summed E-state index contributed by atoms with van der Waals surface area (Å²) in [7, 11) is 0. The van der Waals surface area contributed by atoms with Crippen molar-refractivity contribution in [2.45, 2.75) is 4.90 Å². The number of rotatable bonds is 6. The van der Waals surface area contributed by atoms with Crippen molar-refractivity contribution in [2.24, 2.45) is 0 Å². The van der Waals surface area contributed by atoms with Crippen LogP contribution in [0.4, 0.5) is 5.69 Å². The molecule has 23 heavy (non-hydrogen) atoms. The van der Waals surface area contributed by atoms with Crippen molar-refractivity contribution in [1.82, 2.24) is 0 Å². The minimum absolute atomic E-state index is 0.0176. The Bertz CT molecular complexity index is 816. The van der Waals surface area contributed by atoms with E-state index in [0.717, 1.165) is 6.07 Å². The molecule has 0 heterocycles. The summed E-state index contributed by atoms with van der Waals surface area (Å²) in [6, 6.07) is 12.5. The van der Waals surface area contributed by atoms with E-state index in [9.17, 15) is 18.5 Å². The van der Waals surface area contributed by atoms with Gasteiger partial charge in [0.05, 0.1) is 21.5 Å². The molecule has 0 aliphatic carbocycles. The molecule has 2 aromatic rings. The minimum Gasteiger partial charge on any atom is -0.379 e. The second-order valence-corrected chi connectivity index (χ2v) is 6.04. The van der Waals surface area contributed by atoms with Crippen molar-refractivity contribution in [3.05, 3.63) is 64.2 Å². The lowest BCUT2D eigenvalue weighted by atomic mass is 10.2. The van der Waals surface area contributed by atoms with Crippen molar-refractivity contribution >= 4 is 28.1 Å². The highest BCUT2D eigenvalue weighted by Gasteiger charge is 2.15. The highest BCUT2D eigenvalue weighted by Crippen LogP contribution is 2.18. The van der Waals surface area contributed by atoms with E-state index in [2.05, 4.69) is 3.63 Å². The molecule has 0 N–H and O–H groups in total. The third kappa shape index (κ3) is 4.68. The van der Waals surface area contributed by atoms with E-state index in [1.807, 2.05) is 6.07 Å². The highest BCUT2D eigenvalue weighted by atomic mass is 32.3.